The van der Waals surface area contributed by atoms with Crippen LogP contribution in [0.15, 0.2) is 72.5 Å². The van der Waals surface area contributed by atoms with Gasteiger partial charge in [0.25, 0.3) is 5.91 Å². The molecule has 0 aliphatic carbocycles. The Kier molecular flexibility index (Phi) is 6.09. The lowest BCUT2D eigenvalue weighted by Crippen LogP contribution is -2.19. The first kappa shape index (κ1) is 23.1. The third-order valence-electron chi connectivity index (χ3n) is 5.56. The molecule has 0 atom stereocenters. The molecule has 0 saturated carbocycles. The second kappa shape index (κ2) is 9.51. The molecule has 0 aliphatic rings. The summed E-state index contributed by atoms with van der Waals surface area (Å²) in [6.45, 7) is 1.96. The van der Waals surface area contributed by atoms with Gasteiger partial charge in [-0.1, -0.05) is 12.1 Å². The van der Waals surface area contributed by atoms with Gasteiger partial charge < -0.3 is 21.7 Å². The third-order valence-corrected chi connectivity index (χ3v) is 6.57. The minimum absolute atomic E-state index is 0.295. The first-order valence-electron chi connectivity index (χ1n) is 11.1. The molecule has 0 saturated heterocycles. The molecular formula is C26H23N7O2S. The topological polar surface area (TPSA) is 127 Å². The molecule has 3 aromatic heterocycles. The molecule has 0 bridgehead atoms. The SMILES string of the molecule is Cc1cccc(NC(=O)Nc2ccc(NC(=O)c3csc4c(-c5cnn(C)c5)cnc(N)c34)cc2)c1. The largest absolute Gasteiger partial charge is 0.383 e. The zero-order valence-electron chi connectivity index (χ0n) is 19.6. The summed E-state index contributed by atoms with van der Waals surface area (Å²) in [5.74, 6) is -0.000744. The van der Waals surface area contributed by atoms with Crippen LogP contribution in [0, 0.1) is 6.92 Å². The number of benzene rings is 2. The maximum atomic E-state index is 13.1. The van der Waals surface area contributed by atoms with Crippen molar-refractivity contribution in [2.45, 2.75) is 6.92 Å². The Labute approximate surface area is 211 Å². The van der Waals surface area contributed by atoms with E-state index in [2.05, 4.69) is 26.0 Å². The van der Waals surface area contributed by atoms with Crippen LogP contribution in [-0.2, 0) is 7.05 Å². The van der Waals surface area contributed by atoms with Gasteiger partial charge in [0.2, 0.25) is 0 Å². The molecule has 9 nitrogen and oxygen atoms in total. The zero-order valence-corrected chi connectivity index (χ0v) is 20.4. The number of aryl methyl sites for hydroxylation is 2. The van der Waals surface area contributed by atoms with E-state index >= 15 is 0 Å². The van der Waals surface area contributed by atoms with Crippen molar-refractivity contribution >= 4 is 56.2 Å². The molecule has 2 aromatic carbocycles. The van der Waals surface area contributed by atoms with Gasteiger partial charge in [0.15, 0.2) is 0 Å². The van der Waals surface area contributed by atoms with Gasteiger partial charge in [0.1, 0.15) is 5.82 Å². The van der Waals surface area contributed by atoms with Crippen molar-refractivity contribution in [3.63, 3.8) is 0 Å². The minimum Gasteiger partial charge on any atom is -0.383 e. The molecule has 0 radical (unpaired) electrons. The number of amides is 3. The summed E-state index contributed by atoms with van der Waals surface area (Å²) in [4.78, 5) is 29.7. The molecule has 10 heteroatoms. The summed E-state index contributed by atoms with van der Waals surface area (Å²) in [5, 5.41) is 15.1. The number of nitrogen functional groups attached to an aromatic ring is 1. The lowest BCUT2D eigenvalue weighted by molar-refractivity contribution is 0.102. The van der Waals surface area contributed by atoms with E-state index in [1.54, 1.807) is 46.7 Å². The summed E-state index contributed by atoms with van der Waals surface area (Å²) in [6.07, 6.45) is 5.35. The van der Waals surface area contributed by atoms with Gasteiger partial charge >= 0.3 is 6.03 Å². The fourth-order valence-corrected chi connectivity index (χ4v) is 4.94. The normalized spacial score (nSPS) is 10.8. The van der Waals surface area contributed by atoms with Crippen molar-refractivity contribution in [3.05, 3.63) is 83.6 Å². The number of nitrogens with two attached hydrogens (primary N) is 1. The van der Waals surface area contributed by atoms with Gasteiger partial charge in [-0.05, 0) is 48.9 Å². The standard InChI is InChI=1S/C26H23N7O2S/c1-15-4-3-5-19(10-15)32-26(35)31-18-8-6-17(7-9-18)30-25(34)21-14-36-23-20(12-28-24(27)22(21)23)16-11-29-33(2)13-16/h3-14H,1-2H3,(H2,27,28)(H,30,34)(H2,31,32,35). The molecule has 0 aliphatic heterocycles. The van der Waals surface area contributed by atoms with Crippen LogP contribution in [-0.4, -0.2) is 26.7 Å². The second-order valence-corrected chi connectivity index (χ2v) is 9.17. The third kappa shape index (κ3) is 4.75. The number of urea groups is 1. The highest BCUT2D eigenvalue weighted by atomic mass is 32.1. The molecule has 5 aromatic rings. The number of pyridine rings is 1. The summed E-state index contributed by atoms with van der Waals surface area (Å²) in [7, 11) is 1.84. The molecule has 5 rings (SSSR count). The van der Waals surface area contributed by atoms with Crippen LogP contribution >= 0.6 is 11.3 Å². The molecule has 5 N–H and O–H groups in total. The van der Waals surface area contributed by atoms with E-state index in [1.165, 1.54) is 11.3 Å². The fourth-order valence-electron chi connectivity index (χ4n) is 3.85. The number of hydrogen-bond donors (Lipinski definition) is 4. The molecule has 0 fully saturated rings. The zero-order chi connectivity index (χ0) is 25.2. The van der Waals surface area contributed by atoms with Crippen LogP contribution in [0.4, 0.5) is 27.7 Å². The van der Waals surface area contributed by atoms with E-state index in [0.29, 0.717) is 33.8 Å². The minimum atomic E-state index is -0.352. The lowest BCUT2D eigenvalue weighted by Gasteiger charge is -2.10. The molecule has 36 heavy (non-hydrogen) atoms. The number of aromatic nitrogens is 3. The summed E-state index contributed by atoms with van der Waals surface area (Å²) < 4.78 is 2.59. The van der Waals surface area contributed by atoms with Crippen LogP contribution in [0.25, 0.3) is 21.2 Å². The van der Waals surface area contributed by atoms with E-state index in [-0.39, 0.29) is 11.9 Å². The number of carbonyl (C=O) groups is 2. The number of carbonyl (C=O) groups excluding carboxylic acids is 2. The Morgan fingerprint density at radius 1 is 0.972 bits per heavy atom. The quantitative estimate of drug-likeness (QED) is 0.256. The number of fused-ring (bicyclic) bond motifs is 1. The summed E-state index contributed by atoms with van der Waals surface area (Å²) in [6, 6.07) is 14.1. The fraction of sp³-hybridized carbons (Fsp3) is 0.0769. The van der Waals surface area contributed by atoms with E-state index in [0.717, 1.165) is 21.4 Å². The summed E-state index contributed by atoms with van der Waals surface area (Å²) >= 11 is 1.44. The van der Waals surface area contributed by atoms with Crippen molar-refractivity contribution in [1.29, 1.82) is 0 Å². The van der Waals surface area contributed by atoms with Crippen LogP contribution in [0.3, 0.4) is 0 Å². The Morgan fingerprint density at radius 3 is 2.39 bits per heavy atom. The number of thiophene rings is 1. The Bertz CT molecular complexity index is 1590. The molecular weight excluding hydrogens is 474 g/mol. The molecule has 0 unspecified atom stereocenters. The Hall–Kier alpha value is -4.70. The highest BCUT2D eigenvalue weighted by Crippen LogP contribution is 2.37. The van der Waals surface area contributed by atoms with Crippen molar-refractivity contribution in [2.75, 3.05) is 21.7 Å². The van der Waals surface area contributed by atoms with E-state index in [9.17, 15) is 9.59 Å². The summed E-state index contributed by atoms with van der Waals surface area (Å²) in [5.41, 5.74) is 11.3. The van der Waals surface area contributed by atoms with Gasteiger partial charge in [-0.3, -0.25) is 9.48 Å². The predicted octanol–water partition coefficient (Wildman–Crippen LogP) is 5.48. The first-order chi connectivity index (χ1) is 17.4. The van der Waals surface area contributed by atoms with Crippen LogP contribution in [0.1, 0.15) is 15.9 Å². The van der Waals surface area contributed by atoms with Crippen LogP contribution in [0.2, 0.25) is 0 Å². The van der Waals surface area contributed by atoms with E-state index in [1.807, 2.05) is 44.4 Å². The van der Waals surface area contributed by atoms with Crippen molar-refractivity contribution in [1.82, 2.24) is 14.8 Å². The molecule has 3 amide bonds. The van der Waals surface area contributed by atoms with Gasteiger partial charge in [0.05, 0.1) is 11.8 Å². The van der Waals surface area contributed by atoms with Gasteiger partial charge in [-0.25, -0.2) is 9.78 Å². The first-order valence-corrected chi connectivity index (χ1v) is 12.0. The van der Waals surface area contributed by atoms with Gasteiger partial charge in [-0.15, -0.1) is 11.3 Å². The van der Waals surface area contributed by atoms with Crippen LogP contribution in [0.5, 0.6) is 0 Å². The van der Waals surface area contributed by atoms with Gasteiger partial charge in [-0.2, -0.15) is 5.10 Å². The van der Waals surface area contributed by atoms with E-state index < -0.39 is 0 Å². The maximum Gasteiger partial charge on any atom is 0.323 e. The monoisotopic (exact) mass is 497 g/mol. The number of hydrogen-bond acceptors (Lipinski definition) is 6. The van der Waals surface area contributed by atoms with Gasteiger partial charge in [0, 0.05) is 63.1 Å². The Morgan fingerprint density at radius 2 is 1.69 bits per heavy atom. The van der Waals surface area contributed by atoms with Crippen molar-refractivity contribution in [3.8, 4) is 11.1 Å². The van der Waals surface area contributed by atoms with Crippen molar-refractivity contribution < 1.29 is 9.59 Å². The molecule has 0 spiro atoms. The number of rotatable bonds is 5. The highest BCUT2D eigenvalue weighted by molar-refractivity contribution is 7.18. The van der Waals surface area contributed by atoms with Crippen molar-refractivity contribution in [2.24, 2.45) is 7.05 Å². The highest BCUT2D eigenvalue weighted by Gasteiger charge is 2.19. The maximum absolute atomic E-state index is 13.1. The second-order valence-electron chi connectivity index (χ2n) is 8.29. The van der Waals surface area contributed by atoms with E-state index in [4.69, 9.17) is 5.73 Å². The smallest absolute Gasteiger partial charge is 0.323 e. The average Bonchev–Trinajstić information content (AvgIpc) is 3.48. The molecule has 3 heterocycles. The predicted molar refractivity (Wildman–Crippen MR) is 144 cm³/mol. The number of anilines is 4. The Balaban J connectivity index is 1.30. The number of nitrogens with zero attached hydrogens (tertiary/aromatic N) is 3. The van der Waals surface area contributed by atoms with Crippen LogP contribution < -0.4 is 21.7 Å². The molecule has 180 valence electrons. The lowest BCUT2D eigenvalue weighted by atomic mass is 10.1. The average molecular weight is 498 g/mol. The number of nitrogens with one attached hydrogen (secondary N) is 3.